The maximum absolute atomic E-state index is 10.6. The Morgan fingerprint density at radius 1 is 1.29 bits per heavy atom. The average molecular weight is 408 g/mol. The number of nitrogens with zero attached hydrogens (tertiary/aromatic N) is 3. The molecular formula is C19H29N5O3S. The Kier molecular flexibility index (Phi) is 8.34. The normalized spacial score (nSPS) is 12.4. The van der Waals surface area contributed by atoms with Crippen molar-refractivity contribution in [3.63, 3.8) is 0 Å². The number of rotatable bonds is 9. The van der Waals surface area contributed by atoms with E-state index >= 15 is 0 Å². The Hall–Kier alpha value is -2.52. The van der Waals surface area contributed by atoms with Gasteiger partial charge in [0.25, 0.3) is 0 Å². The van der Waals surface area contributed by atoms with Gasteiger partial charge in [0.05, 0.1) is 32.6 Å². The van der Waals surface area contributed by atoms with E-state index in [0.717, 1.165) is 10.8 Å². The van der Waals surface area contributed by atoms with Crippen molar-refractivity contribution in [2.45, 2.75) is 19.6 Å². The van der Waals surface area contributed by atoms with Crippen molar-refractivity contribution in [3.8, 4) is 11.5 Å². The van der Waals surface area contributed by atoms with Crippen LogP contribution in [0.25, 0.3) is 0 Å². The number of aromatic nitrogens is 1. The van der Waals surface area contributed by atoms with Crippen LogP contribution in [0.1, 0.15) is 24.3 Å². The van der Waals surface area contributed by atoms with Gasteiger partial charge in [0, 0.05) is 38.1 Å². The summed E-state index contributed by atoms with van der Waals surface area (Å²) >= 11 is 1.58. The maximum Gasteiger partial charge on any atom is 0.191 e. The third kappa shape index (κ3) is 6.00. The smallest absolute Gasteiger partial charge is 0.191 e. The lowest BCUT2D eigenvalue weighted by atomic mass is 10.1. The fraction of sp³-hybridized carbons (Fsp3) is 0.474. The van der Waals surface area contributed by atoms with Crippen molar-refractivity contribution in [1.29, 1.82) is 0 Å². The molecule has 0 spiro atoms. The van der Waals surface area contributed by atoms with Gasteiger partial charge in [-0.3, -0.25) is 0 Å². The number of aliphatic hydroxyl groups excluding tert-OH is 1. The standard InChI is InChI=1S/C19H29N5O3S/c1-6-20-18(21-10-13-12-28-19(23-13)24(2)3)22-11-16(25)15-9-14(26-4)7-8-17(15)27-5/h7-9,12,16,25H,6,10-11H2,1-5H3,(H2,20,21,22). The van der Waals surface area contributed by atoms with Crippen LogP contribution in [0.2, 0.25) is 0 Å². The Labute approximate surface area is 170 Å². The third-order valence-corrected chi connectivity index (χ3v) is 4.98. The number of nitrogens with one attached hydrogen (secondary N) is 2. The highest BCUT2D eigenvalue weighted by molar-refractivity contribution is 7.13. The lowest BCUT2D eigenvalue weighted by Gasteiger charge is -2.18. The number of guanidine groups is 1. The SMILES string of the molecule is CCNC(=NCc1csc(N(C)C)n1)NCC(O)c1cc(OC)ccc1OC. The molecule has 0 saturated carbocycles. The third-order valence-electron chi connectivity index (χ3n) is 3.92. The van der Waals surface area contributed by atoms with E-state index in [2.05, 4.69) is 20.6 Å². The molecule has 0 aliphatic carbocycles. The summed E-state index contributed by atoms with van der Waals surface area (Å²) in [5.74, 6) is 1.88. The van der Waals surface area contributed by atoms with Gasteiger partial charge in [-0.2, -0.15) is 0 Å². The first-order valence-electron chi connectivity index (χ1n) is 9.02. The summed E-state index contributed by atoms with van der Waals surface area (Å²) in [5, 5.41) is 19.9. The van der Waals surface area contributed by atoms with Gasteiger partial charge < -0.3 is 30.1 Å². The minimum absolute atomic E-state index is 0.273. The molecule has 1 atom stereocenters. The number of anilines is 1. The van der Waals surface area contributed by atoms with Crippen LogP contribution in [-0.4, -0.2) is 57.5 Å². The summed E-state index contributed by atoms with van der Waals surface area (Å²) in [6, 6.07) is 5.35. The molecule has 9 heteroatoms. The molecule has 28 heavy (non-hydrogen) atoms. The zero-order valence-corrected chi connectivity index (χ0v) is 17.8. The van der Waals surface area contributed by atoms with Gasteiger partial charge in [-0.05, 0) is 25.1 Å². The first kappa shape index (κ1) is 21.8. The van der Waals surface area contributed by atoms with Crippen LogP contribution < -0.4 is 25.0 Å². The van der Waals surface area contributed by atoms with E-state index in [1.165, 1.54) is 0 Å². The number of ether oxygens (including phenoxy) is 2. The van der Waals surface area contributed by atoms with Crippen LogP contribution in [0, 0.1) is 0 Å². The van der Waals surface area contributed by atoms with Crippen LogP contribution in [-0.2, 0) is 6.54 Å². The number of hydrogen-bond acceptors (Lipinski definition) is 7. The minimum atomic E-state index is -0.784. The first-order chi connectivity index (χ1) is 13.5. The van der Waals surface area contributed by atoms with Crippen molar-refractivity contribution < 1.29 is 14.6 Å². The topological polar surface area (TPSA) is 91.2 Å². The summed E-state index contributed by atoms with van der Waals surface area (Å²) in [6.45, 7) is 3.43. The molecule has 1 aromatic heterocycles. The maximum atomic E-state index is 10.6. The minimum Gasteiger partial charge on any atom is -0.497 e. The van der Waals surface area contributed by atoms with Gasteiger partial charge in [-0.15, -0.1) is 11.3 Å². The fourth-order valence-electron chi connectivity index (χ4n) is 2.48. The van der Waals surface area contributed by atoms with Gasteiger partial charge in [0.15, 0.2) is 11.1 Å². The Balaban J connectivity index is 2.03. The predicted octanol–water partition coefficient (Wildman–Crippen LogP) is 2.01. The summed E-state index contributed by atoms with van der Waals surface area (Å²) in [6.07, 6.45) is -0.784. The number of benzene rings is 1. The molecule has 3 N–H and O–H groups in total. The quantitative estimate of drug-likeness (QED) is 0.433. The number of hydrogen-bond donors (Lipinski definition) is 3. The van der Waals surface area contributed by atoms with Gasteiger partial charge in [-0.1, -0.05) is 0 Å². The number of methoxy groups -OCH3 is 2. The van der Waals surface area contributed by atoms with E-state index in [1.807, 2.05) is 31.3 Å². The molecule has 0 amide bonds. The van der Waals surface area contributed by atoms with E-state index in [0.29, 0.717) is 36.1 Å². The summed E-state index contributed by atoms with van der Waals surface area (Å²) in [5.41, 5.74) is 1.56. The molecule has 0 aliphatic rings. The molecule has 0 aliphatic heterocycles. The second-order valence-corrected chi connectivity index (χ2v) is 7.05. The summed E-state index contributed by atoms with van der Waals surface area (Å²) in [7, 11) is 7.09. The summed E-state index contributed by atoms with van der Waals surface area (Å²) in [4.78, 5) is 11.1. The highest BCUT2D eigenvalue weighted by atomic mass is 32.1. The lowest BCUT2D eigenvalue weighted by Crippen LogP contribution is -2.39. The number of aliphatic imine (C=N–C) groups is 1. The van der Waals surface area contributed by atoms with Gasteiger partial charge in [0.1, 0.15) is 11.5 Å². The molecule has 0 fully saturated rings. The number of aliphatic hydroxyl groups is 1. The predicted molar refractivity (Wildman–Crippen MR) is 114 cm³/mol. The van der Waals surface area contributed by atoms with Crippen molar-refractivity contribution in [2.75, 3.05) is 46.3 Å². The number of thiazole rings is 1. The molecule has 8 nitrogen and oxygen atoms in total. The largest absolute Gasteiger partial charge is 0.497 e. The van der Waals surface area contributed by atoms with Crippen LogP contribution in [0.4, 0.5) is 5.13 Å². The monoisotopic (exact) mass is 407 g/mol. The fourth-order valence-corrected chi connectivity index (χ4v) is 3.23. The molecule has 154 valence electrons. The lowest BCUT2D eigenvalue weighted by molar-refractivity contribution is 0.176. The van der Waals surface area contributed by atoms with Gasteiger partial charge >= 0.3 is 0 Å². The molecule has 1 aromatic carbocycles. The van der Waals surface area contributed by atoms with Gasteiger partial charge in [0.2, 0.25) is 0 Å². The van der Waals surface area contributed by atoms with Crippen molar-refractivity contribution >= 4 is 22.4 Å². The zero-order valence-electron chi connectivity index (χ0n) is 17.0. The zero-order chi connectivity index (χ0) is 20.5. The highest BCUT2D eigenvalue weighted by Crippen LogP contribution is 2.29. The van der Waals surface area contributed by atoms with Crippen molar-refractivity contribution in [1.82, 2.24) is 15.6 Å². The first-order valence-corrected chi connectivity index (χ1v) is 9.90. The Morgan fingerprint density at radius 3 is 2.68 bits per heavy atom. The molecule has 0 saturated heterocycles. The van der Waals surface area contributed by atoms with E-state index < -0.39 is 6.10 Å². The van der Waals surface area contributed by atoms with E-state index in [4.69, 9.17) is 9.47 Å². The van der Waals surface area contributed by atoms with E-state index in [-0.39, 0.29) is 6.54 Å². The second kappa shape index (κ2) is 10.7. The highest BCUT2D eigenvalue weighted by Gasteiger charge is 2.15. The average Bonchev–Trinajstić information content (AvgIpc) is 3.18. The molecule has 1 unspecified atom stereocenters. The second-order valence-electron chi connectivity index (χ2n) is 6.22. The molecule has 2 rings (SSSR count). The van der Waals surface area contributed by atoms with Crippen molar-refractivity contribution in [2.24, 2.45) is 4.99 Å². The molecule has 0 radical (unpaired) electrons. The van der Waals surface area contributed by atoms with Crippen LogP contribution >= 0.6 is 11.3 Å². The van der Waals surface area contributed by atoms with Crippen molar-refractivity contribution in [3.05, 3.63) is 34.8 Å². The van der Waals surface area contributed by atoms with E-state index in [9.17, 15) is 5.11 Å². The molecule has 1 heterocycles. The Bertz CT molecular complexity index is 779. The van der Waals surface area contributed by atoms with Gasteiger partial charge in [-0.25, -0.2) is 9.98 Å². The molecule has 0 bridgehead atoms. The molecule has 2 aromatic rings. The Morgan fingerprint density at radius 2 is 2.07 bits per heavy atom. The van der Waals surface area contributed by atoms with Crippen LogP contribution in [0.15, 0.2) is 28.6 Å². The van der Waals surface area contributed by atoms with Crippen LogP contribution in [0.3, 0.4) is 0 Å². The van der Waals surface area contributed by atoms with Crippen LogP contribution in [0.5, 0.6) is 11.5 Å². The molecular weight excluding hydrogens is 378 g/mol. The summed E-state index contributed by atoms with van der Waals surface area (Å²) < 4.78 is 10.6. The van der Waals surface area contributed by atoms with E-state index in [1.54, 1.807) is 43.8 Å².